The summed E-state index contributed by atoms with van der Waals surface area (Å²) in [7, 11) is 0. The first-order valence-corrected chi connectivity index (χ1v) is 6.55. The molecule has 0 aromatic carbocycles. The summed E-state index contributed by atoms with van der Waals surface area (Å²) in [6.07, 6.45) is 1.82. The van der Waals surface area contributed by atoms with E-state index in [4.69, 9.17) is 5.73 Å². The zero-order valence-corrected chi connectivity index (χ0v) is 11.7. The van der Waals surface area contributed by atoms with Crippen molar-refractivity contribution in [3.63, 3.8) is 0 Å². The fraction of sp³-hybridized carbons (Fsp3) is 0.500. The maximum absolute atomic E-state index is 5.92. The largest absolute Gasteiger partial charge is 0.370 e. The Labute approximate surface area is 110 Å². The molecule has 1 aliphatic rings. The molecule has 1 unspecified atom stereocenters. The summed E-state index contributed by atoms with van der Waals surface area (Å²) in [6, 6.07) is 4.21. The predicted octanol–water partition coefficient (Wildman–Crippen LogP) is 2.17. The molecule has 0 aliphatic carbocycles. The molecule has 1 aliphatic heterocycles. The summed E-state index contributed by atoms with van der Waals surface area (Å²) < 4.78 is 0.989. The van der Waals surface area contributed by atoms with Crippen LogP contribution in [0.25, 0.3) is 0 Å². The van der Waals surface area contributed by atoms with Gasteiger partial charge in [0.25, 0.3) is 0 Å². The molecule has 5 heteroatoms. The molecule has 0 saturated heterocycles. The Bertz CT molecular complexity index is 413. The van der Waals surface area contributed by atoms with Crippen LogP contribution in [0, 0.1) is 5.92 Å². The Morgan fingerprint density at radius 3 is 2.88 bits per heavy atom. The van der Waals surface area contributed by atoms with Crippen LogP contribution in [0.5, 0.6) is 0 Å². The molecule has 0 radical (unpaired) electrons. The fourth-order valence-electron chi connectivity index (χ4n) is 1.98. The number of pyridine rings is 1. The molecular weight excluding hydrogens is 280 g/mol. The number of rotatable bonds is 3. The molecule has 4 nitrogen and oxygen atoms in total. The van der Waals surface area contributed by atoms with E-state index in [0.29, 0.717) is 18.4 Å². The maximum Gasteiger partial charge on any atom is 0.191 e. The average molecular weight is 297 g/mol. The number of halogens is 1. The van der Waals surface area contributed by atoms with Crippen molar-refractivity contribution >= 4 is 21.9 Å². The van der Waals surface area contributed by atoms with Gasteiger partial charge in [0, 0.05) is 17.2 Å². The van der Waals surface area contributed by atoms with E-state index in [9.17, 15) is 0 Å². The number of guanidine groups is 1. The van der Waals surface area contributed by atoms with Crippen LogP contribution in [0.15, 0.2) is 27.8 Å². The van der Waals surface area contributed by atoms with Crippen LogP contribution in [0.4, 0.5) is 0 Å². The Morgan fingerprint density at radius 2 is 2.29 bits per heavy atom. The van der Waals surface area contributed by atoms with Gasteiger partial charge in [-0.25, -0.2) is 0 Å². The molecule has 0 fully saturated rings. The summed E-state index contributed by atoms with van der Waals surface area (Å²) in [4.78, 5) is 10.9. The van der Waals surface area contributed by atoms with Gasteiger partial charge in [0.15, 0.2) is 5.96 Å². The van der Waals surface area contributed by atoms with E-state index in [-0.39, 0.29) is 6.04 Å². The molecule has 2 N–H and O–H groups in total. The molecule has 1 atom stereocenters. The van der Waals surface area contributed by atoms with Crippen LogP contribution in [0.2, 0.25) is 0 Å². The van der Waals surface area contributed by atoms with Crippen molar-refractivity contribution in [1.29, 1.82) is 0 Å². The molecule has 1 aromatic heterocycles. The lowest BCUT2D eigenvalue weighted by molar-refractivity contribution is 0.305. The topological polar surface area (TPSA) is 54.5 Å². The van der Waals surface area contributed by atoms with E-state index in [1.54, 1.807) is 0 Å². The lowest BCUT2D eigenvalue weighted by Gasteiger charge is -2.27. The highest BCUT2D eigenvalue weighted by Crippen LogP contribution is 2.25. The van der Waals surface area contributed by atoms with Gasteiger partial charge >= 0.3 is 0 Å². The zero-order valence-electron chi connectivity index (χ0n) is 10.1. The summed E-state index contributed by atoms with van der Waals surface area (Å²) in [6.45, 7) is 5.97. The highest BCUT2D eigenvalue weighted by molar-refractivity contribution is 9.10. The van der Waals surface area contributed by atoms with Gasteiger partial charge in [-0.05, 0) is 34.0 Å². The normalized spacial score (nSPS) is 19.9. The molecule has 2 rings (SSSR count). The van der Waals surface area contributed by atoms with Crippen molar-refractivity contribution in [3.05, 3.63) is 28.5 Å². The van der Waals surface area contributed by atoms with Crippen LogP contribution in [0.3, 0.4) is 0 Å². The first kappa shape index (κ1) is 12.4. The minimum Gasteiger partial charge on any atom is -0.370 e. The van der Waals surface area contributed by atoms with Gasteiger partial charge in [0.05, 0.1) is 18.3 Å². The van der Waals surface area contributed by atoms with Crippen molar-refractivity contribution in [3.8, 4) is 0 Å². The van der Waals surface area contributed by atoms with Crippen molar-refractivity contribution in [2.24, 2.45) is 16.6 Å². The fourth-order valence-corrected chi connectivity index (χ4v) is 2.22. The quantitative estimate of drug-likeness (QED) is 0.930. The monoisotopic (exact) mass is 296 g/mol. The lowest BCUT2D eigenvalue weighted by Crippen LogP contribution is -2.38. The van der Waals surface area contributed by atoms with E-state index < -0.39 is 0 Å². The molecular formula is C12H17BrN4. The molecule has 0 spiro atoms. The number of nitrogens with zero attached hydrogens (tertiary/aromatic N) is 3. The molecule has 92 valence electrons. The third-order valence-corrected chi connectivity index (χ3v) is 3.22. The van der Waals surface area contributed by atoms with Crippen LogP contribution >= 0.6 is 15.9 Å². The molecule has 17 heavy (non-hydrogen) atoms. The third kappa shape index (κ3) is 2.77. The lowest BCUT2D eigenvalue weighted by atomic mass is 10.1. The molecule has 0 saturated carbocycles. The second-order valence-electron chi connectivity index (χ2n) is 4.66. The number of hydrogen-bond donors (Lipinski definition) is 1. The van der Waals surface area contributed by atoms with Gasteiger partial charge in [-0.3, -0.25) is 9.98 Å². The zero-order chi connectivity index (χ0) is 12.4. The summed E-state index contributed by atoms with van der Waals surface area (Å²) >= 11 is 3.39. The van der Waals surface area contributed by atoms with Gasteiger partial charge in [-0.2, -0.15) is 0 Å². The van der Waals surface area contributed by atoms with E-state index in [2.05, 4.69) is 44.7 Å². The summed E-state index contributed by atoms with van der Waals surface area (Å²) in [5, 5.41) is 0. The number of aliphatic imine (C=N–C) groups is 1. The Kier molecular flexibility index (Phi) is 3.66. The van der Waals surface area contributed by atoms with Crippen molar-refractivity contribution in [1.82, 2.24) is 9.88 Å². The smallest absolute Gasteiger partial charge is 0.191 e. The Balaban J connectivity index is 2.18. The van der Waals surface area contributed by atoms with E-state index >= 15 is 0 Å². The van der Waals surface area contributed by atoms with Crippen molar-refractivity contribution in [2.75, 3.05) is 13.1 Å². The molecule has 0 bridgehead atoms. The van der Waals surface area contributed by atoms with E-state index in [1.165, 1.54) is 0 Å². The van der Waals surface area contributed by atoms with E-state index in [1.807, 2.05) is 18.3 Å². The molecule has 1 aromatic rings. The Morgan fingerprint density at radius 1 is 1.53 bits per heavy atom. The second kappa shape index (κ2) is 5.04. The first-order chi connectivity index (χ1) is 8.08. The summed E-state index contributed by atoms with van der Waals surface area (Å²) in [5.41, 5.74) is 6.95. The van der Waals surface area contributed by atoms with Crippen LogP contribution in [-0.4, -0.2) is 28.9 Å². The number of aromatic nitrogens is 1. The van der Waals surface area contributed by atoms with Crippen molar-refractivity contribution < 1.29 is 0 Å². The van der Waals surface area contributed by atoms with Crippen LogP contribution < -0.4 is 5.73 Å². The van der Waals surface area contributed by atoms with Gasteiger partial charge < -0.3 is 10.6 Å². The van der Waals surface area contributed by atoms with Crippen LogP contribution in [0.1, 0.15) is 25.6 Å². The number of hydrogen-bond acceptors (Lipinski definition) is 4. The third-order valence-electron chi connectivity index (χ3n) is 2.75. The van der Waals surface area contributed by atoms with Gasteiger partial charge in [-0.1, -0.05) is 13.8 Å². The minimum absolute atomic E-state index is 0.186. The number of nitrogens with two attached hydrogens (primary N) is 1. The van der Waals surface area contributed by atoms with Crippen LogP contribution in [-0.2, 0) is 0 Å². The summed E-state index contributed by atoms with van der Waals surface area (Å²) in [5.74, 6) is 1.19. The SMILES string of the molecule is CC(C)CN1C(N)=NCC1c1ccc(Br)cn1. The highest BCUT2D eigenvalue weighted by Gasteiger charge is 2.28. The van der Waals surface area contributed by atoms with Crippen molar-refractivity contribution in [2.45, 2.75) is 19.9 Å². The van der Waals surface area contributed by atoms with Gasteiger partial charge in [0.1, 0.15) is 0 Å². The van der Waals surface area contributed by atoms with Gasteiger partial charge in [0.2, 0.25) is 0 Å². The standard InChI is InChI=1S/C12H17BrN4/c1-8(2)7-17-11(6-16-12(17)14)10-4-3-9(13)5-15-10/h3-5,8,11H,6-7H2,1-2H3,(H2,14,16). The van der Waals surface area contributed by atoms with E-state index in [0.717, 1.165) is 16.7 Å². The average Bonchev–Trinajstić information content (AvgIpc) is 2.61. The minimum atomic E-state index is 0.186. The molecule has 2 heterocycles. The Hall–Kier alpha value is -1.10. The maximum atomic E-state index is 5.92. The van der Waals surface area contributed by atoms with Gasteiger partial charge in [-0.15, -0.1) is 0 Å². The first-order valence-electron chi connectivity index (χ1n) is 5.76. The second-order valence-corrected chi connectivity index (χ2v) is 5.58. The highest BCUT2D eigenvalue weighted by atomic mass is 79.9. The predicted molar refractivity (Wildman–Crippen MR) is 72.7 cm³/mol. The molecule has 0 amide bonds.